The third kappa shape index (κ3) is 5.07. The number of rotatable bonds is 8. The van der Waals surface area contributed by atoms with Crippen LogP contribution in [0.25, 0.3) is 0 Å². The van der Waals surface area contributed by atoms with E-state index in [0.29, 0.717) is 17.9 Å². The van der Waals surface area contributed by atoms with E-state index in [1.165, 1.54) is 17.0 Å². The van der Waals surface area contributed by atoms with E-state index in [1.54, 1.807) is 36.1 Å². The Bertz CT molecular complexity index is 771. The number of aryl methyl sites for hydroxylation is 1. The lowest BCUT2D eigenvalue weighted by atomic mass is 10.1. The summed E-state index contributed by atoms with van der Waals surface area (Å²) in [6.07, 6.45) is 0. The lowest BCUT2D eigenvalue weighted by Crippen LogP contribution is -2.26. The average Bonchev–Trinajstić information content (AvgIpc) is 3.00. The summed E-state index contributed by atoms with van der Waals surface area (Å²) in [6.45, 7) is 2.04. The maximum Gasteiger partial charge on any atom is 0.249 e. The quantitative estimate of drug-likeness (QED) is 0.698. The number of primary amides is 1. The molecule has 0 fully saturated rings. The van der Waals surface area contributed by atoms with Gasteiger partial charge in [0.15, 0.2) is 0 Å². The number of thioether (sulfide) groups is 1. The van der Waals surface area contributed by atoms with Crippen LogP contribution in [0.1, 0.15) is 20.8 Å². The van der Waals surface area contributed by atoms with Crippen LogP contribution in [0.15, 0.2) is 40.6 Å². The van der Waals surface area contributed by atoms with Gasteiger partial charge in [-0.2, -0.15) is 11.8 Å². The number of thiophene rings is 1. The zero-order chi connectivity index (χ0) is 16.9. The molecule has 23 heavy (non-hydrogen) atoms. The molecule has 124 valence electrons. The number of hydrogen-bond acceptors (Lipinski definition) is 5. The molecule has 0 saturated heterocycles. The fourth-order valence-electron chi connectivity index (χ4n) is 1.93. The Morgan fingerprint density at radius 3 is 2.78 bits per heavy atom. The Morgan fingerprint density at radius 1 is 1.35 bits per heavy atom. The van der Waals surface area contributed by atoms with Crippen molar-refractivity contribution in [3.63, 3.8) is 0 Å². The van der Waals surface area contributed by atoms with Crippen LogP contribution < -0.4 is 10.5 Å². The van der Waals surface area contributed by atoms with Crippen molar-refractivity contribution in [3.05, 3.63) is 51.7 Å². The number of sulfonamides is 1. The van der Waals surface area contributed by atoms with Crippen LogP contribution in [0.4, 0.5) is 0 Å². The Morgan fingerprint density at radius 2 is 2.13 bits per heavy atom. The van der Waals surface area contributed by atoms with Crippen LogP contribution in [0.5, 0.6) is 0 Å². The normalized spacial score (nSPS) is 11.5. The molecule has 0 unspecified atom stereocenters. The molecule has 1 aromatic heterocycles. The van der Waals surface area contributed by atoms with Gasteiger partial charge in [0.2, 0.25) is 15.9 Å². The van der Waals surface area contributed by atoms with E-state index in [2.05, 4.69) is 10.8 Å². The van der Waals surface area contributed by atoms with E-state index in [1.807, 2.05) is 11.4 Å². The second-order valence-electron chi connectivity index (χ2n) is 4.87. The molecule has 0 radical (unpaired) electrons. The van der Waals surface area contributed by atoms with E-state index in [-0.39, 0.29) is 10.5 Å². The van der Waals surface area contributed by atoms with Gasteiger partial charge < -0.3 is 5.73 Å². The molecule has 0 aliphatic carbocycles. The third-order valence-corrected chi connectivity index (χ3v) is 6.67. The first-order chi connectivity index (χ1) is 10.9. The first kappa shape index (κ1) is 18.0. The molecule has 2 aromatic rings. The molecule has 0 aliphatic rings. The molecule has 0 aliphatic heterocycles. The van der Waals surface area contributed by atoms with E-state index in [4.69, 9.17) is 5.73 Å². The van der Waals surface area contributed by atoms with Gasteiger partial charge in [0.25, 0.3) is 0 Å². The summed E-state index contributed by atoms with van der Waals surface area (Å²) < 4.78 is 27.0. The van der Waals surface area contributed by atoms with Crippen LogP contribution in [-0.4, -0.2) is 26.6 Å². The van der Waals surface area contributed by atoms with Gasteiger partial charge in [-0.05, 0) is 36.1 Å². The monoisotopic (exact) mass is 370 g/mol. The highest BCUT2D eigenvalue weighted by molar-refractivity contribution is 7.98. The van der Waals surface area contributed by atoms with Gasteiger partial charge in [0.1, 0.15) is 0 Å². The summed E-state index contributed by atoms with van der Waals surface area (Å²) in [7, 11) is -3.64. The van der Waals surface area contributed by atoms with E-state index in [9.17, 15) is 13.2 Å². The molecule has 0 bridgehead atoms. The van der Waals surface area contributed by atoms with Gasteiger partial charge in [-0.15, -0.1) is 11.3 Å². The second-order valence-corrected chi connectivity index (χ2v) is 8.78. The van der Waals surface area contributed by atoms with Crippen molar-refractivity contribution in [2.24, 2.45) is 5.73 Å². The van der Waals surface area contributed by atoms with Crippen molar-refractivity contribution in [3.8, 4) is 0 Å². The molecule has 0 atom stereocenters. The third-order valence-electron chi connectivity index (χ3n) is 3.15. The number of hydrogen-bond donors (Lipinski definition) is 2. The Balaban J connectivity index is 1.91. The van der Waals surface area contributed by atoms with Crippen LogP contribution in [0.2, 0.25) is 0 Å². The zero-order valence-electron chi connectivity index (χ0n) is 12.6. The predicted molar refractivity (Wildman–Crippen MR) is 95.4 cm³/mol. The summed E-state index contributed by atoms with van der Waals surface area (Å²) in [6, 6.07) is 8.43. The van der Waals surface area contributed by atoms with Crippen molar-refractivity contribution >= 4 is 39.0 Å². The molecule has 1 heterocycles. The molecule has 5 nitrogen and oxygen atoms in total. The Labute approximate surface area is 144 Å². The molecule has 3 N–H and O–H groups in total. The minimum absolute atomic E-state index is 0.0557. The van der Waals surface area contributed by atoms with Gasteiger partial charge in [-0.1, -0.05) is 12.1 Å². The molecule has 8 heteroatoms. The number of carbonyl (C=O) groups excluding carboxylic acids is 1. The van der Waals surface area contributed by atoms with Crippen molar-refractivity contribution in [2.75, 3.05) is 12.3 Å². The number of benzene rings is 1. The second kappa shape index (κ2) is 7.96. The summed E-state index contributed by atoms with van der Waals surface area (Å²) in [5.41, 5.74) is 6.13. The summed E-state index contributed by atoms with van der Waals surface area (Å²) >= 11 is 3.35. The predicted octanol–water partition coefficient (Wildman–Crippen LogP) is 2.37. The molecule has 0 saturated carbocycles. The molecule has 2 rings (SSSR count). The average molecular weight is 371 g/mol. The van der Waals surface area contributed by atoms with Crippen molar-refractivity contribution in [2.45, 2.75) is 17.6 Å². The maximum atomic E-state index is 12.2. The van der Waals surface area contributed by atoms with Crippen LogP contribution in [0.3, 0.4) is 0 Å². The Hall–Kier alpha value is -1.35. The Kier molecular flexibility index (Phi) is 6.23. The number of nitrogens with one attached hydrogen (secondary N) is 1. The summed E-state index contributed by atoms with van der Waals surface area (Å²) in [5.74, 6) is 0.910. The van der Waals surface area contributed by atoms with Gasteiger partial charge in [-0.25, -0.2) is 13.1 Å². The molecule has 1 aromatic carbocycles. The fraction of sp³-hybridized carbons (Fsp3) is 0.267. The fourth-order valence-corrected chi connectivity index (χ4v) is 4.82. The summed E-state index contributed by atoms with van der Waals surface area (Å²) in [4.78, 5) is 12.6. The number of carbonyl (C=O) groups is 1. The van der Waals surface area contributed by atoms with E-state index >= 15 is 0 Å². The molecular formula is C15H18N2O3S3. The lowest BCUT2D eigenvalue weighted by molar-refractivity contribution is 0.0999. The number of amides is 1. The minimum atomic E-state index is -3.64. The highest BCUT2D eigenvalue weighted by atomic mass is 32.2. The van der Waals surface area contributed by atoms with Crippen LogP contribution in [0, 0.1) is 6.92 Å². The van der Waals surface area contributed by atoms with Gasteiger partial charge in [-0.3, -0.25) is 4.79 Å². The van der Waals surface area contributed by atoms with Crippen molar-refractivity contribution < 1.29 is 13.2 Å². The van der Waals surface area contributed by atoms with Crippen molar-refractivity contribution in [1.29, 1.82) is 0 Å². The smallest absolute Gasteiger partial charge is 0.249 e. The SMILES string of the molecule is Cc1ccc(S(=O)(=O)NCCSCc2cccs2)cc1C(N)=O. The van der Waals surface area contributed by atoms with Crippen LogP contribution >= 0.6 is 23.1 Å². The van der Waals surface area contributed by atoms with Gasteiger partial charge in [0.05, 0.1) is 4.90 Å². The first-order valence-electron chi connectivity index (χ1n) is 6.90. The highest BCUT2D eigenvalue weighted by Crippen LogP contribution is 2.17. The largest absolute Gasteiger partial charge is 0.366 e. The van der Waals surface area contributed by atoms with Crippen molar-refractivity contribution in [1.82, 2.24) is 4.72 Å². The van der Waals surface area contributed by atoms with Gasteiger partial charge >= 0.3 is 0 Å². The van der Waals surface area contributed by atoms with Gasteiger partial charge in [0, 0.05) is 28.5 Å². The first-order valence-corrected chi connectivity index (χ1v) is 10.4. The topological polar surface area (TPSA) is 89.3 Å². The molecule has 1 amide bonds. The van der Waals surface area contributed by atoms with Crippen LogP contribution in [-0.2, 0) is 15.8 Å². The highest BCUT2D eigenvalue weighted by Gasteiger charge is 2.16. The van der Waals surface area contributed by atoms with E-state index < -0.39 is 15.9 Å². The maximum absolute atomic E-state index is 12.2. The van der Waals surface area contributed by atoms with E-state index in [0.717, 1.165) is 5.75 Å². The lowest BCUT2D eigenvalue weighted by Gasteiger charge is -2.09. The molecule has 0 spiro atoms. The standard InChI is InChI=1S/C15H18N2O3S3/c1-11-4-5-13(9-14(11)15(16)18)23(19,20)17-6-8-21-10-12-3-2-7-22-12/h2-5,7,9,17H,6,8,10H2,1H3,(H2,16,18). The zero-order valence-corrected chi connectivity index (χ0v) is 15.1. The summed E-state index contributed by atoms with van der Waals surface area (Å²) in [5, 5.41) is 2.02. The number of nitrogens with two attached hydrogens (primary N) is 1. The molecular weight excluding hydrogens is 352 g/mol. The minimum Gasteiger partial charge on any atom is -0.366 e.